The molecule has 0 aliphatic carbocycles. The zero-order valence-electron chi connectivity index (χ0n) is 14.2. The van der Waals surface area contributed by atoms with Crippen molar-refractivity contribution in [2.75, 3.05) is 32.6 Å². The SMILES string of the molecule is C/C=C/C=C/C(=O)OCC(=O)N(C)Cc1ccc(N(C)C)cc1. The van der Waals surface area contributed by atoms with Gasteiger partial charge in [0.05, 0.1) is 0 Å². The smallest absolute Gasteiger partial charge is 0.331 e. The van der Waals surface area contributed by atoms with Crippen LogP contribution >= 0.6 is 0 Å². The Kier molecular flexibility index (Phi) is 7.60. The van der Waals surface area contributed by atoms with E-state index in [0.29, 0.717) is 6.54 Å². The molecule has 1 aromatic carbocycles. The lowest BCUT2D eigenvalue weighted by molar-refractivity contribution is -0.147. The first-order chi connectivity index (χ1) is 10.9. The van der Waals surface area contributed by atoms with Crippen molar-refractivity contribution in [3.63, 3.8) is 0 Å². The van der Waals surface area contributed by atoms with E-state index in [9.17, 15) is 9.59 Å². The van der Waals surface area contributed by atoms with Gasteiger partial charge in [-0.3, -0.25) is 4.79 Å². The summed E-state index contributed by atoms with van der Waals surface area (Å²) in [6.07, 6.45) is 6.37. The molecule has 0 atom stereocenters. The number of ether oxygens (including phenoxy) is 1. The predicted molar refractivity (Wildman–Crippen MR) is 92.2 cm³/mol. The summed E-state index contributed by atoms with van der Waals surface area (Å²) in [6.45, 7) is 2.06. The van der Waals surface area contributed by atoms with Crippen LogP contribution in [0.15, 0.2) is 48.6 Å². The van der Waals surface area contributed by atoms with Crippen LogP contribution in [-0.2, 0) is 20.9 Å². The Balaban J connectivity index is 2.46. The Bertz CT molecular complexity index is 574. The summed E-state index contributed by atoms with van der Waals surface area (Å²) in [7, 11) is 5.64. The monoisotopic (exact) mass is 316 g/mol. The van der Waals surface area contributed by atoms with Gasteiger partial charge in [0.15, 0.2) is 6.61 Å². The molecule has 0 saturated carbocycles. The molecule has 0 aromatic heterocycles. The summed E-state index contributed by atoms with van der Waals surface area (Å²) in [4.78, 5) is 26.9. The Morgan fingerprint density at radius 1 is 1.09 bits per heavy atom. The average Bonchev–Trinajstić information content (AvgIpc) is 2.53. The van der Waals surface area contributed by atoms with Crippen LogP contribution in [0.25, 0.3) is 0 Å². The van der Waals surface area contributed by atoms with E-state index in [0.717, 1.165) is 11.3 Å². The van der Waals surface area contributed by atoms with Crippen molar-refractivity contribution < 1.29 is 14.3 Å². The van der Waals surface area contributed by atoms with Crippen molar-refractivity contribution in [1.29, 1.82) is 0 Å². The third-order valence-electron chi connectivity index (χ3n) is 3.17. The molecule has 1 rings (SSSR count). The normalized spacial score (nSPS) is 11.0. The number of allylic oxidation sites excluding steroid dienone is 3. The van der Waals surface area contributed by atoms with Gasteiger partial charge in [0.2, 0.25) is 0 Å². The summed E-state index contributed by atoms with van der Waals surface area (Å²) >= 11 is 0. The minimum absolute atomic E-state index is 0.241. The van der Waals surface area contributed by atoms with Crippen molar-refractivity contribution in [2.45, 2.75) is 13.5 Å². The fourth-order valence-corrected chi connectivity index (χ4v) is 1.80. The van der Waals surface area contributed by atoms with Gasteiger partial charge in [-0.05, 0) is 24.6 Å². The lowest BCUT2D eigenvalue weighted by Crippen LogP contribution is -2.30. The Hall–Kier alpha value is -2.56. The highest BCUT2D eigenvalue weighted by Crippen LogP contribution is 2.13. The van der Waals surface area contributed by atoms with Crippen molar-refractivity contribution in [1.82, 2.24) is 4.90 Å². The second-order valence-corrected chi connectivity index (χ2v) is 5.30. The van der Waals surface area contributed by atoms with Gasteiger partial charge in [0.25, 0.3) is 5.91 Å². The van der Waals surface area contributed by atoms with E-state index in [1.165, 1.54) is 11.0 Å². The van der Waals surface area contributed by atoms with Crippen LogP contribution in [0.3, 0.4) is 0 Å². The molecule has 0 unspecified atom stereocenters. The lowest BCUT2D eigenvalue weighted by Gasteiger charge is -2.18. The maximum atomic E-state index is 12.0. The van der Waals surface area contributed by atoms with Gasteiger partial charge in [-0.2, -0.15) is 0 Å². The quantitative estimate of drug-likeness (QED) is 0.440. The number of nitrogens with zero attached hydrogens (tertiary/aromatic N) is 2. The van der Waals surface area contributed by atoms with E-state index in [-0.39, 0.29) is 12.5 Å². The van der Waals surface area contributed by atoms with E-state index in [1.54, 1.807) is 25.3 Å². The Morgan fingerprint density at radius 3 is 2.30 bits per heavy atom. The molecule has 5 heteroatoms. The van der Waals surface area contributed by atoms with Gasteiger partial charge in [-0.25, -0.2) is 4.79 Å². The Labute approximate surface area is 137 Å². The van der Waals surface area contributed by atoms with Gasteiger partial charge in [0, 0.05) is 39.5 Å². The van der Waals surface area contributed by atoms with Crippen LogP contribution in [-0.4, -0.2) is 44.5 Å². The van der Waals surface area contributed by atoms with E-state index >= 15 is 0 Å². The minimum Gasteiger partial charge on any atom is -0.452 e. The van der Waals surface area contributed by atoms with Gasteiger partial charge in [-0.1, -0.05) is 30.4 Å². The highest BCUT2D eigenvalue weighted by atomic mass is 16.5. The summed E-state index contributed by atoms with van der Waals surface area (Å²) in [5.41, 5.74) is 2.12. The first kappa shape index (κ1) is 18.5. The molecule has 0 heterocycles. The number of esters is 1. The van der Waals surface area contributed by atoms with Gasteiger partial charge in [0.1, 0.15) is 0 Å². The maximum Gasteiger partial charge on any atom is 0.331 e. The van der Waals surface area contributed by atoms with Crippen LogP contribution in [0.1, 0.15) is 12.5 Å². The third-order valence-corrected chi connectivity index (χ3v) is 3.17. The number of carbonyl (C=O) groups excluding carboxylic acids is 2. The van der Waals surface area contributed by atoms with Crippen LogP contribution in [0.2, 0.25) is 0 Å². The van der Waals surface area contributed by atoms with Crippen molar-refractivity contribution in [3.05, 3.63) is 54.1 Å². The van der Waals surface area contributed by atoms with Gasteiger partial charge >= 0.3 is 5.97 Å². The minimum atomic E-state index is -0.528. The van der Waals surface area contributed by atoms with E-state index in [4.69, 9.17) is 4.74 Å². The standard InChI is InChI=1S/C18H24N2O3/c1-5-6-7-8-18(22)23-14-17(21)20(4)13-15-9-11-16(12-10-15)19(2)3/h5-12H,13-14H2,1-4H3/b6-5+,8-7+. The number of hydrogen-bond donors (Lipinski definition) is 0. The fourth-order valence-electron chi connectivity index (χ4n) is 1.80. The molecule has 1 amide bonds. The second kappa shape index (κ2) is 9.46. The molecule has 0 fully saturated rings. The van der Waals surface area contributed by atoms with Crippen molar-refractivity contribution in [3.8, 4) is 0 Å². The first-order valence-electron chi connectivity index (χ1n) is 7.40. The van der Waals surface area contributed by atoms with E-state index < -0.39 is 5.97 Å². The maximum absolute atomic E-state index is 12.0. The number of rotatable bonds is 7. The summed E-state index contributed by atoms with van der Waals surface area (Å²) < 4.78 is 4.90. The topological polar surface area (TPSA) is 49.9 Å². The first-order valence-corrected chi connectivity index (χ1v) is 7.40. The van der Waals surface area contributed by atoms with Crippen LogP contribution in [0, 0.1) is 0 Å². The molecule has 0 N–H and O–H groups in total. The summed E-state index contributed by atoms with van der Waals surface area (Å²) in [6, 6.07) is 7.95. The number of hydrogen-bond acceptors (Lipinski definition) is 4. The highest BCUT2D eigenvalue weighted by molar-refractivity contribution is 5.85. The molecule has 23 heavy (non-hydrogen) atoms. The van der Waals surface area contributed by atoms with Crippen molar-refractivity contribution in [2.24, 2.45) is 0 Å². The molecule has 1 aromatic rings. The molecule has 0 spiro atoms. The zero-order valence-corrected chi connectivity index (χ0v) is 14.2. The third kappa shape index (κ3) is 6.82. The van der Waals surface area contributed by atoms with Gasteiger partial charge < -0.3 is 14.5 Å². The number of amides is 1. The second-order valence-electron chi connectivity index (χ2n) is 5.30. The van der Waals surface area contributed by atoms with Crippen LogP contribution < -0.4 is 4.90 Å². The lowest BCUT2D eigenvalue weighted by atomic mass is 10.2. The van der Waals surface area contributed by atoms with Crippen LogP contribution in [0.4, 0.5) is 5.69 Å². The molecule has 0 saturated heterocycles. The molecular weight excluding hydrogens is 292 g/mol. The summed E-state index contributed by atoms with van der Waals surface area (Å²) in [5.74, 6) is -0.769. The molecule has 0 aliphatic rings. The van der Waals surface area contributed by atoms with E-state index in [2.05, 4.69) is 0 Å². The molecule has 0 aliphatic heterocycles. The molecule has 0 radical (unpaired) electrons. The average molecular weight is 316 g/mol. The Morgan fingerprint density at radius 2 is 1.74 bits per heavy atom. The van der Waals surface area contributed by atoms with E-state index in [1.807, 2.05) is 50.2 Å². The number of anilines is 1. The fraction of sp³-hybridized carbons (Fsp3) is 0.333. The van der Waals surface area contributed by atoms with Gasteiger partial charge in [-0.15, -0.1) is 0 Å². The summed E-state index contributed by atoms with van der Waals surface area (Å²) in [5, 5.41) is 0. The molecule has 5 nitrogen and oxygen atoms in total. The largest absolute Gasteiger partial charge is 0.452 e. The molecule has 124 valence electrons. The molecular formula is C18H24N2O3. The van der Waals surface area contributed by atoms with Crippen LogP contribution in [0.5, 0.6) is 0 Å². The number of likely N-dealkylation sites (N-methyl/N-ethyl adjacent to an activating group) is 1. The number of benzene rings is 1. The zero-order chi connectivity index (χ0) is 17.2. The number of carbonyl (C=O) groups is 2. The predicted octanol–water partition coefficient (Wildman–Crippen LogP) is 2.39. The van der Waals surface area contributed by atoms with Crippen molar-refractivity contribution >= 4 is 17.6 Å². The molecule has 0 bridgehead atoms. The highest BCUT2D eigenvalue weighted by Gasteiger charge is 2.11.